The fraction of sp³-hybridized carbons (Fsp3) is 0. The zero-order valence-electron chi connectivity index (χ0n) is 18.1. The van der Waals surface area contributed by atoms with Gasteiger partial charge in [-0.1, -0.05) is 36.4 Å². The maximum Gasteiger partial charge on any atom is 0.0472 e. The third-order valence-electron chi connectivity index (χ3n) is 7.57. The Hall–Kier alpha value is -4.70. The molecule has 0 spiro atoms. The van der Waals surface area contributed by atoms with Gasteiger partial charge >= 0.3 is 0 Å². The Morgan fingerprint density at radius 3 is 0.882 bits per heavy atom. The molecule has 4 heteroatoms. The summed E-state index contributed by atoms with van der Waals surface area (Å²) in [5.74, 6) is 0. The van der Waals surface area contributed by atoms with Crippen LogP contribution in [-0.2, 0) is 0 Å². The van der Waals surface area contributed by atoms with Gasteiger partial charge < -0.3 is 19.9 Å². The number of aromatic nitrogens is 4. The average molecular weight is 435 g/mol. The third-order valence-corrected chi connectivity index (χ3v) is 7.57. The highest BCUT2D eigenvalue weighted by atomic mass is 14.7. The van der Waals surface area contributed by atoms with E-state index in [-0.39, 0.29) is 0 Å². The zero-order valence-corrected chi connectivity index (χ0v) is 18.1. The first-order chi connectivity index (χ1) is 16.8. The molecule has 0 saturated heterocycles. The van der Waals surface area contributed by atoms with Crippen LogP contribution < -0.4 is 0 Å². The van der Waals surface area contributed by atoms with Crippen molar-refractivity contribution in [1.29, 1.82) is 0 Å². The molecule has 0 fully saturated rings. The summed E-state index contributed by atoms with van der Waals surface area (Å²) in [6, 6.07) is 30.7. The molecule has 9 rings (SSSR count). The van der Waals surface area contributed by atoms with Gasteiger partial charge in [-0.15, -0.1) is 0 Å². The number of hydrogen-bond donors (Lipinski definition) is 4. The molecule has 158 valence electrons. The van der Waals surface area contributed by atoms with Crippen LogP contribution in [0.5, 0.6) is 0 Å². The van der Waals surface area contributed by atoms with E-state index in [1.807, 2.05) is 0 Å². The minimum atomic E-state index is 1.16. The van der Waals surface area contributed by atoms with Crippen molar-refractivity contribution in [3.05, 3.63) is 84.9 Å². The molecule has 0 amide bonds. The van der Waals surface area contributed by atoms with Gasteiger partial charge in [-0.2, -0.15) is 0 Å². The van der Waals surface area contributed by atoms with Crippen LogP contribution >= 0.6 is 0 Å². The standard InChI is InChI=1S/C30H18N4/c1-3-7-23-15(5-1)17-9-27-19(11-25(17)31-23)21-13-30-22(14-29(21)33-27)20-12-26-18(10-28(20)34-30)16-6-2-4-8-24(16)32-26/h1-14,31-34H. The number of H-pyrrole nitrogens is 4. The molecule has 0 bridgehead atoms. The molecule has 0 aliphatic carbocycles. The second kappa shape index (κ2) is 5.61. The molecule has 4 N–H and O–H groups in total. The number of rotatable bonds is 0. The fourth-order valence-corrected chi connectivity index (χ4v) is 5.99. The first-order valence-corrected chi connectivity index (χ1v) is 11.6. The predicted octanol–water partition coefficient (Wildman–Crippen LogP) is 8.22. The molecule has 4 heterocycles. The SMILES string of the molecule is c1ccc2c(c1)[nH]c1cc3c(cc12)[nH]c1cc2c(cc13)[nH]c1cc3c(cc12)[nH]c1ccccc13. The summed E-state index contributed by atoms with van der Waals surface area (Å²) >= 11 is 0. The Kier molecular flexibility index (Phi) is 2.78. The van der Waals surface area contributed by atoms with E-state index in [2.05, 4.69) is 105 Å². The van der Waals surface area contributed by atoms with Gasteiger partial charge in [-0.3, -0.25) is 0 Å². The van der Waals surface area contributed by atoms with Crippen LogP contribution in [0.2, 0.25) is 0 Å². The van der Waals surface area contributed by atoms with Crippen LogP contribution in [0.25, 0.3) is 87.2 Å². The van der Waals surface area contributed by atoms with Crippen LogP contribution in [-0.4, -0.2) is 19.9 Å². The molecular weight excluding hydrogens is 416 g/mol. The van der Waals surface area contributed by atoms with Gasteiger partial charge in [0, 0.05) is 87.2 Å². The van der Waals surface area contributed by atoms with E-state index in [1.165, 1.54) is 76.2 Å². The van der Waals surface area contributed by atoms with Gasteiger partial charge in [0.15, 0.2) is 0 Å². The van der Waals surface area contributed by atoms with E-state index >= 15 is 0 Å². The van der Waals surface area contributed by atoms with Gasteiger partial charge in [-0.05, 0) is 48.5 Å². The fourth-order valence-electron chi connectivity index (χ4n) is 5.99. The topological polar surface area (TPSA) is 63.2 Å². The maximum absolute atomic E-state index is 3.69. The predicted molar refractivity (Wildman–Crippen MR) is 144 cm³/mol. The second-order valence-electron chi connectivity index (χ2n) is 9.42. The van der Waals surface area contributed by atoms with Gasteiger partial charge in [0.1, 0.15) is 0 Å². The number of aromatic amines is 4. The highest BCUT2D eigenvalue weighted by Gasteiger charge is 2.14. The molecule has 0 aliphatic rings. The minimum Gasteiger partial charge on any atom is -0.354 e. The van der Waals surface area contributed by atoms with E-state index in [0.717, 1.165) is 11.0 Å². The molecule has 0 unspecified atom stereocenters. The van der Waals surface area contributed by atoms with Crippen molar-refractivity contribution in [2.45, 2.75) is 0 Å². The number of benzene rings is 5. The average Bonchev–Trinajstić information content (AvgIpc) is 3.59. The minimum absolute atomic E-state index is 1.16. The lowest BCUT2D eigenvalue weighted by Crippen LogP contribution is -1.71. The highest BCUT2D eigenvalue weighted by Crippen LogP contribution is 2.38. The van der Waals surface area contributed by atoms with Crippen LogP contribution in [0.15, 0.2) is 84.9 Å². The molecular formula is C30H18N4. The number of hydrogen-bond acceptors (Lipinski definition) is 0. The summed E-state index contributed by atoms with van der Waals surface area (Å²) in [5.41, 5.74) is 9.37. The van der Waals surface area contributed by atoms with Crippen molar-refractivity contribution in [2.24, 2.45) is 0 Å². The van der Waals surface area contributed by atoms with Crippen molar-refractivity contribution in [2.75, 3.05) is 0 Å². The Morgan fingerprint density at radius 2 is 0.529 bits per heavy atom. The van der Waals surface area contributed by atoms with Gasteiger partial charge in [-0.25, -0.2) is 0 Å². The monoisotopic (exact) mass is 434 g/mol. The Labute approximate surface area is 192 Å². The largest absolute Gasteiger partial charge is 0.354 e. The molecule has 0 aliphatic heterocycles. The maximum atomic E-state index is 3.69. The summed E-state index contributed by atoms with van der Waals surface area (Å²) in [6.07, 6.45) is 0. The molecule has 0 atom stereocenters. The lowest BCUT2D eigenvalue weighted by atomic mass is 10.1. The second-order valence-corrected chi connectivity index (χ2v) is 9.42. The van der Waals surface area contributed by atoms with E-state index < -0.39 is 0 Å². The summed E-state index contributed by atoms with van der Waals surface area (Å²) < 4.78 is 0. The van der Waals surface area contributed by atoms with Crippen molar-refractivity contribution < 1.29 is 0 Å². The van der Waals surface area contributed by atoms with Crippen LogP contribution in [0.1, 0.15) is 0 Å². The van der Waals surface area contributed by atoms with E-state index in [9.17, 15) is 0 Å². The molecule has 5 aromatic carbocycles. The van der Waals surface area contributed by atoms with Crippen molar-refractivity contribution in [1.82, 2.24) is 19.9 Å². The first kappa shape index (κ1) is 16.9. The third kappa shape index (κ3) is 1.99. The molecule has 4 aromatic heterocycles. The van der Waals surface area contributed by atoms with Gasteiger partial charge in [0.2, 0.25) is 0 Å². The van der Waals surface area contributed by atoms with Gasteiger partial charge in [0.05, 0.1) is 0 Å². The normalized spacial score (nSPS) is 12.7. The Bertz CT molecular complexity index is 2120. The summed E-state index contributed by atoms with van der Waals surface area (Å²) in [6.45, 7) is 0. The smallest absolute Gasteiger partial charge is 0.0472 e. The first-order valence-electron chi connectivity index (χ1n) is 11.6. The van der Waals surface area contributed by atoms with Crippen molar-refractivity contribution >= 4 is 87.2 Å². The lowest BCUT2D eigenvalue weighted by molar-refractivity contribution is 1.54. The molecule has 0 radical (unpaired) electrons. The van der Waals surface area contributed by atoms with Crippen LogP contribution in [0.4, 0.5) is 0 Å². The lowest BCUT2D eigenvalue weighted by Gasteiger charge is -1.95. The molecule has 0 saturated carbocycles. The van der Waals surface area contributed by atoms with Crippen molar-refractivity contribution in [3.8, 4) is 0 Å². The summed E-state index contributed by atoms with van der Waals surface area (Å²) in [4.78, 5) is 14.6. The van der Waals surface area contributed by atoms with E-state index in [1.54, 1.807) is 0 Å². The number of para-hydroxylation sites is 2. The van der Waals surface area contributed by atoms with Gasteiger partial charge in [0.25, 0.3) is 0 Å². The zero-order chi connectivity index (χ0) is 22.0. The Balaban J connectivity index is 1.37. The highest BCUT2D eigenvalue weighted by molar-refractivity contribution is 6.22. The Morgan fingerprint density at radius 1 is 0.265 bits per heavy atom. The van der Waals surface area contributed by atoms with E-state index in [4.69, 9.17) is 0 Å². The quantitative estimate of drug-likeness (QED) is 0.186. The molecule has 34 heavy (non-hydrogen) atoms. The van der Waals surface area contributed by atoms with E-state index in [0.29, 0.717) is 0 Å². The van der Waals surface area contributed by atoms with Crippen LogP contribution in [0.3, 0.4) is 0 Å². The molecule has 4 nitrogen and oxygen atoms in total. The molecule has 9 aromatic rings. The van der Waals surface area contributed by atoms with Crippen molar-refractivity contribution in [3.63, 3.8) is 0 Å². The summed E-state index contributed by atoms with van der Waals surface area (Å²) in [7, 11) is 0. The summed E-state index contributed by atoms with van der Waals surface area (Å²) in [5, 5.41) is 10.0. The number of nitrogens with one attached hydrogen (secondary N) is 4. The number of fused-ring (bicyclic) bond motifs is 12. The van der Waals surface area contributed by atoms with Crippen LogP contribution in [0, 0.1) is 0 Å².